The quantitative estimate of drug-likeness (QED) is 0.605. The molecule has 0 saturated heterocycles. The Hall–Kier alpha value is -1.22. The maximum Gasteiger partial charge on any atom is 0.0315 e. The van der Waals surface area contributed by atoms with E-state index in [0.29, 0.717) is 0 Å². The van der Waals surface area contributed by atoms with Crippen LogP contribution >= 0.6 is 0 Å². The number of hydrogen-bond donors (Lipinski definition) is 3. The van der Waals surface area contributed by atoms with Crippen LogP contribution in [0, 0.1) is 0 Å². The monoisotopic (exact) mass is 181 g/mol. The molecule has 0 fully saturated rings. The topological polar surface area (TPSA) is 64.1 Å². The number of nitrogens with one attached hydrogen (secondary N) is 1. The summed E-state index contributed by atoms with van der Waals surface area (Å²) in [4.78, 5) is 0. The number of nitrogen functional groups attached to an aromatic ring is 2. The van der Waals surface area contributed by atoms with Gasteiger partial charge in [-0.05, 0) is 37.4 Å². The molecule has 0 unspecified atom stereocenters. The van der Waals surface area contributed by atoms with Gasteiger partial charge in [-0.15, -0.1) is 0 Å². The fourth-order valence-electron chi connectivity index (χ4n) is 0.746. The van der Waals surface area contributed by atoms with E-state index in [1.165, 1.54) is 0 Å². The average molecular weight is 181 g/mol. The van der Waals surface area contributed by atoms with Gasteiger partial charge in [0.05, 0.1) is 0 Å². The predicted molar refractivity (Wildman–Crippen MR) is 59.5 cm³/mol. The molecule has 0 aliphatic rings. The SMILES string of the molecule is CCNCC.Nc1ccc(N)cc1. The van der Waals surface area contributed by atoms with Crippen LogP contribution in [0.15, 0.2) is 24.3 Å². The van der Waals surface area contributed by atoms with E-state index in [-0.39, 0.29) is 0 Å². The Balaban J connectivity index is 0.000000252. The lowest BCUT2D eigenvalue weighted by Gasteiger charge is -1.90. The molecule has 0 atom stereocenters. The summed E-state index contributed by atoms with van der Waals surface area (Å²) in [5, 5.41) is 3.11. The van der Waals surface area contributed by atoms with E-state index in [1.54, 1.807) is 24.3 Å². The molecule has 1 aromatic carbocycles. The van der Waals surface area contributed by atoms with Gasteiger partial charge in [0.15, 0.2) is 0 Å². The fourth-order valence-corrected chi connectivity index (χ4v) is 0.746. The van der Waals surface area contributed by atoms with Crippen molar-refractivity contribution < 1.29 is 0 Å². The summed E-state index contributed by atoms with van der Waals surface area (Å²) in [5.41, 5.74) is 12.2. The van der Waals surface area contributed by atoms with Crippen molar-refractivity contribution in [1.82, 2.24) is 5.32 Å². The van der Waals surface area contributed by atoms with Crippen LogP contribution < -0.4 is 16.8 Å². The summed E-state index contributed by atoms with van der Waals surface area (Å²) in [5.74, 6) is 0. The van der Waals surface area contributed by atoms with E-state index < -0.39 is 0 Å². The Bertz CT molecular complexity index is 183. The first-order valence-electron chi connectivity index (χ1n) is 4.52. The van der Waals surface area contributed by atoms with Crippen molar-refractivity contribution in [2.75, 3.05) is 24.6 Å². The van der Waals surface area contributed by atoms with Crippen molar-refractivity contribution in [3.63, 3.8) is 0 Å². The Morgan fingerprint density at radius 2 is 1.23 bits per heavy atom. The molecule has 0 spiro atoms. The maximum absolute atomic E-state index is 5.37. The molecule has 0 radical (unpaired) electrons. The third-order valence-corrected chi connectivity index (χ3v) is 1.44. The van der Waals surface area contributed by atoms with Crippen LogP contribution in [-0.4, -0.2) is 13.1 Å². The molecular formula is C10H19N3. The van der Waals surface area contributed by atoms with Crippen molar-refractivity contribution in [2.24, 2.45) is 0 Å². The largest absolute Gasteiger partial charge is 0.399 e. The first-order chi connectivity index (χ1) is 6.20. The van der Waals surface area contributed by atoms with E-state index in [4.69, 9.17) is 11.5 Å². The van der Waals surface area contributed by atoms with Crippen molar-refractivity contribution in [3.8, 4) is 0 Å². The van der Waals surface area contributed by atoms with Crippen LogP contribution in [0.5, 0.6) is 0 Å². The molecule has 13 heavy (non-hydrogen) atoms. The highest BCUT2D eigenvalue weighted by molar-refractivity contribution is 5.47. The van der Waals surface area contributed by atoms with E-state index in [1.807, 2.05) is 0 Å². The van der Waals surface area contributed by atoms with E-state index in [2.05, 4.69) is 19.2 Å². The third-order valence-electron chi connectivity index (χ3n) is 1.44. The van der Waals surface area contributed by atoms with Crippen LogP contribution in [0.2, 0.25) is 0 Å². The molecule has 3 heteroatoms. The second-order valence-electron chi connectivity index (χ2n) is 2.62. The molecule has 0 heterocycles. The minimum absolute atomic E-state index is 0.749. The zero-order valence-electron chi connectivity index (χ0n) is 8.38. The zero-order valence-corrected chi connectivity index (χ0v) is 8.38. The Morgan fingerprint density at radius 3 is 1.38 bits per heavy atom. The average Bonchev–Trinajstić information content (AvgIpc) is 2.13. The molecule has 1 rings (SSSR count). The van der Waals surface area contributed by atoms with Gasteiger partial charge in [0, 0.05) is 11.4 Å². The summed E-state index contributed by atoms with van der Waals surface area (Å²) >= 11 is 0. The molecule has 0 aliphatic carbocycles. The number of rotatable bonds is 2. The first kappa shape index (κ1) is 11.8. The van der Waals surface area contributed by atoms with Crippen molar-refractivity contribution in [1.29, 1.82) is 0 Å². The van der Waals surface area contributed by atoms with Crippen molar-refractivity contribution in [2.45, 2.75) is 13.8 Å². The van der Waals surface area contributed by atoms with Gasteiger partial charge in [0.2, 0.25) is 0 Å². The lowest BCUT2D eigenvalue weighted by molar-refractivity contribution is 0.762. The lowest BCUT2D eigenvalue weighted by atomic mass is 10.3. The van der Waals surface area contributed by atoms with Crippen molar-refractivity contribution in [3.05, 3.63) is 24.3 Å². The van der Waals surface area contributed by atoms with Gasteiger partial charge in [-0.1, -0.05) is 13.8 Å². The molecule has 0 aliphatic heterocycles. The second-order valence-corrected chi connectivity index (χ2v) is 2.62. The van der Waals surface area contributed by atoms with Crippen LogP contribution in [0.4, 0.5) is 11.4 Å². The summed E-state index contributed by atoms with van der Waals surface area (Å²) in [6.45, 7) is 6.39. The second kappa shape index (κ2) is 7.43. The van der Waals surface area contributed by atoms with Crippen LogP contribution in [-0.2, 0) is 0 Å². The third kappa shape index (κ3) is 7.15. The molecular weight excluding hydrogens is 162 g/mol. The molecule has 1 aromatic rings. The van der Waals surface area contributed by atoms with Crippen LogP contribution in [0.1, 0.15) is 13.8 Å². The van der Waals surface area contributed by atoms with Crippen LogP contribution in [0.25, 0.3) is 0 Å². The molecule has 0 amide bonds. The summed E-state index contributed by atoms with van der Waals surface area (Å²) in [7, 11) is 0. The minimum Gasteiger partial charge on any atom is -0.399 e. The standard InChI is InChI=1S/C6H8N2.C4H11N/c7-5-1-2-6(8)4-3-5;1-3-5-4-2/h1-4H,7-8H2;5H,3-4H2,1-2H3. The fraction of sp³-hybridized carbons (Fsp3) is 0.400. The van der Waals surface area contributed by atoms with Crippen LogP contribution in [0.3, 0.4) is 0 Å². The molecule has 74 valence electrons. The van der Waals surface area contributed by atoms with E-state index in [9.17, 15) is 0 Å². The molecule has 0 aromatic heterocycles. The molecule has 0 bridgehead atoms. The number of hydrogen-bond acceptors (Lipinski definition) is 3. The molecule has 5 N–H and O–H groups in total. The summed E-state index contributed by atoms with van der Waals surface area (Å²) in [6, 6.07) is 7.09. The van der Waals surface area contributed by atoms with Gasteiger partial charge >= 0.3 is 0 Å². The molecule has 3 nitrogen and oxygen atoms in total. The highest BCUT2D eigenvalue weighted by atomic mass is 14.8. The van der Waals surface area contributed by atoms with E-state index in [0.717, 1.165) is 24.5 Å². The van der Waals surface area contributed by atoms with Gasteiger partial charge in [-0.25, -0.2) is 0 Å². The maximum atomic E-state index is 5.37. The Labute approximate surface area is 80.1 Å². The highest BCUT2D eigenvalue weighted by Gasteiger charge is 1.80. The summed E-state index contributed by atoms with van der Waals surface area (Å²) in [6.07, 6.45) is 0. The van der Waals surface area contributed by atoms with Gasteiger partial charge in [-0.2, -0.15) is 0 Å². The lowest BCUT2D eigenvalue weighted by Crippen LogP contribution is -2.09. The van der Waals surface area contributed by atoms with Gasteiger partial charge in [-0.3, -0.25) is 0 Å². The van der Waals surface area contributed by atoms with Crippen molar-refractivity contribution >= 4 is 11.4 Å². The normalized spacial score (nSPS) is 8.77. The van der Waals surface area contributed by atoms with Gasteiger partial charge in [0.25, 0.3) is 0 Å². The Morgan fingerprint density at radius 1 is 0.923 bits per heavy atom. The minimum atomic E-state index is 0.749. The van der Waals surface area contributed by atoms with Gasteiger partial charge < -0.3 is 16.8 Å². The van der Waals surface area contributed by atoms with E-state index >= 15 is 0 Å². The predicted octanol–water partition coefficient (Wildman–Crippen LogP) is 1.47. The number of anilines is 2. The Kier molecular flexibility index (Phi) is 6.73. The number of nitrogens with two attached hydrogens (primary N) is 2. The highest BCUT2D eigenvalue weighted by Crippen LogP contribution is 2.04. The first-order valence-corrected chi connectivity index (χ1v) is 4.52. The smallest absolute Gasteiger partial charge is 0.0315 e. The molecule has 0 saturated carbocycles. The zero-order chi connectivity index (χ0) is 10.1. The summed E-state index contributed by atoms with van der Waals surface area (Å²) < 4.78 is 0. The van der Waals surface area contributed by atoms with Gasteiger partial charge in [0.1, 0.15) is 0 Å². The number of benzene rings is 1.